The fourth-order valence-corrected chi connectivity index (χ4v) is 3.33. The van der Waals surface area contributed by atoms with Crippen LogP contribution >= 0.6 is 11.6 Å². The van der Waals surface area contributed by atoms with Crippen LogP contribution in [0.1, 0.15) is 23.2 Å². The molecule has 0 spiro atoms. The quantitative estimate of drug-likeness (QED) is 0.637. The van der Waals surface area contributed by atoms with E-state index in [9.17, 15) is 4.79 Å². The third-order valence-corrected chi connectivity index (χ3v) is 4.68. The summed E-state index contributed by atoms with van der Waals surface area (Å²) in [4.78, 5) is 20.1. The van der Waals surface area contributed by atoms with Crippen molar-refractivity contribution in [1.29, 1.82) is 0 Å². The number of rotatable bonds is 5. The Bertz CT molecular complexity index is 934. The molecule has 6 nitrogen and oxygen atoms in total. The molecule has 4 rings (SSSR count). The standard InChI is InChI=1S/C19H19ClN4O2/c20-12-3-1-4-13(9-12)24-18-17-15(6-7-21-17)16(11-22-18)19(25)23-10-14-5-2-8-26-14/h1,3-4,6-7,9,11,14,21H,2,5,8,10H2,(H,22,24)(H,23,25). The van der Waals surface area contributed by atoms with Crippen molar-refractivity contribution < 1.29 is 9.53 Å². The number of halogens is 1. The van der Waals surface area contributed by atoms with E-state index in [-0.39, 0.29) is 12.0 Å². The van der Waals surface area contributed by atoms with Crippen LogP contribution in [0.2, 0.25) is 5.02 Å². The molecular weight excluding hydrogens is 352 g/mol. The monoisotopic (exact) mass is 370 g/mol. The number of benzene rings is 1. The molecule has 2 aromatic heterocycles. The Kier molecular flexibility index (Phi) is 4.77. The first kappa shape index (κ1) is 16.9. The number of aromatic amines is 1. The van der Waals surface area contributed by atoms with Crippen molar-refractivity contribution in [2.75, 3.05) is 18.5 Å². The van der Waals surface area contributed by atoms with Gasteiger partial charge < -0.3 is 20.4 Å². The van der Waals surface area contributed by atoms with Crippen LogP contribution in [0.25, 0.3) is 10.9 Å². The summed E-state index contributed by atoms with van der Waals surface area (Å²) in [7, 11) is 0. The number of pyridine rings is 1. The number of amides is 1. The van der Waals surface area contributed by atoms with Crippen LogP contribution in [0.5, 0.6) is 0 Å². The van der Waals surface area contributed by atoms with Gasteiger partial charge in [0.25, 0.3) is 5.91 Å². The number of ether oxygens (including phenoxy) is 1. The maximum atomic E-state index is 12.6. The summed E-state index contributed by atoms with van der Waals surface area (Å²) < 4.78 is 5.55. The Labute approximate surface area is 155 Å². The zero-order valence-corrected chi connectivity index (χ0v) is 14.8. The molecule has 3 heterocycles. The molecule has 26 heavy (non-hydrogen) atoms. The molecule has 3 N–H and O–H groups in total. The molecule has 1 amide bonds. The van der Waals surface area contributed by atoms with Gasteiger partial charge in [-0.15, -0.1) is 0 Å². The van der Waals surface area contributed by atoms with Crippen LogP contribution in [0.4, 0.5) is 11.5 Å². The molecule has 7 heteroatoms. The Morgan fingerprint density at radius 3 is 3.12 bits per heavy atom. The maximum Gasteiger partial charge on any atom is 0.253 e. The van der Waals surface area contributed by atoms with Gasteiger partial charge in [0.05, 0.1) is 17.2 Å². The van der Waals surface area contributed by atoms with Gasteiger partial charge in [-0.05, 0) is 37.1 Å². The first-order valence-electron chi connectivity index (χ1n) is 8.59. The fourth-order valence-electron chi connectivity index (χ4n) is 3.14. The lowest BCUT2D eigenvalue weighted by atomic mass is 10.1. The van der Waals surface area contributed by atoms with Crippen molar-refractivity contribution in [3.8, 4) is 0 Å². The minimum Gasteiger partial charge on any atom is -0.376 e. The predicted octanol–water partition coefficient (Wildman–Crippen LogP) is 3.87. The van der Waals surface area contributed by atoms with Gasteiger partial charge in [-0.3, -0.25) is 4.79 Å². The third-order valence-electron chi connectivity index (χ3n) is 4.44. The van der Waals surface area contributed by atoms with Crippen LogP contribution in [0, 0.1) is 0 Å². The summed E-state index contributed by atoms with van der Waals surface area (Å²) >= 11 is 6.03. The van der Waals surface area contributed by atoms with Crippen LogP contribution in [-0.2, 0) is 4.74 Å². The van der Waals surface area contributed by atoms with E-state index in [2.05, 4.69) is 20.6 Å². The lowest BCUT2D eigenvalue weighted by Gasteiger charge is -2.12. The largest absolute Gasteiger partial charge is 0.376 e. The van der Waals surface area contributed by atoms with Gasteiger partial charge in [0.15, 0.2) is 5.82 Å². The van der Waals surface area contributed by atoms with Gasteiger partial charge in [-0.1, -0.05) is 17.7 Å². The normalized spacial score (nSPS) is 16.7. The van der Waals surface area contributed by atoms with Crippen molar-refractivity contribution in [3.63, 3.8) is 0 Å². The van der Waals surface area contributed by atoms with E-state index in [1.54, 1.807) is 12.4 Å². The number of aromatic nitrogens is 2. The molecule has 134 valence electrons. The number of hydrogen-bond donors (Lipinski definition) is 3. The zero-order chi connectivity index (χ0) is 17.9. The minimum atomic E-state index is -0.146. The Morgan fingerprint density at radius 1 is 1.38 bits per heavy atom. The number of carbonyl (C=O) groups is 1. The second-order valence-corrected chi connectivity index (χ2v) is 6.70. The smallest absolute Gasteiger partial charge is 0.253 e. The van der Waals surface area contributed by atoms with Gasteiger partial charge in [0, 0.05) is 41.6 Å². The highest BCUT2D eigenvalue weighted by atomic mass is 35.5. The molecular formula is C19H19ClN4O2. The molecule has 1 saturated heterocycles. The van der Waals surface area contributed by atoms with E-state index in [0.717, 1.165) is 36.0 Å². The first-order chi connectivity index (χ1) is 12.7. The van der Waals surface area contributed by atoms with Crippen LogP contribution < -0.4 is 10.6 Å². The molecule has 1 atom stereocenters. The van der Waals surface area contributed by atoms with Crippen molar-refractivity contribution >= 4 is 39.9 Å². The maximum absolute atomic E-state index is 12.6. The van der Waals surface area contributed by atoms with Crippen molar-refractivity contribution in [1.82, 2.24) is 15.3 Å². The number of carbonyl (C=O) groups excluding carboxylic acids is 1. The van der Waals surface area contributed by atoms with Gasteiger partial charge >= 0.3 is 0 Å². The van der Waals surface area contributed by atoms with Gasteiger partial charge in [0.2, 0.25) is 0 Å². The molecule has 0 aliphatic carbocycles. The number of anilines is 2. The predicted molar refractivity (Wildman–Crippen MR) is 102 cm³/mol. The number of nitrogens with zero attached hydrogens (tertiary/aromatic N) is 1. The fraction of sp³-hybridized carbons (Fsp3) is 0.263. The summed E-state index contributed by atoms with van der Waals surface area (Å²) in [5, 5.41) is 7.64. The Balaban J connectivity index is 1.56. The number of H-pyrrole nitrogens is 1. The van der Waals surface area contributed by atoms with Crippen molar-refractivity contribution in [2.24, 2.45) is 0 Å². The van der Waals surface area contributed by atoms with Crippen LogP contribution in [0.15, 0.2) is 42.7 Å². The van der Waals surface area contributed by atoms with Crippen LogP contribution in [-0.4, -0.2) is 35.1 Å². The third kappa shape index (κ3) is 3.52. The van der Waals surface area contributed by atoms with Gasteiger partial charge in [-0.2, -0.15) is 0 Å². The lowest BCUT2D eigenvalue weighted by Crippen LogP contribution is -2.31. The molecule has 0 bridgehead atoms. The summed E-state index contributed by atoms with van der Waals surface area (Å²) in [6.07, 6.45) is 5.53. The molecule has 1 aliphatic heterocycles. The molecule has 0 radical (unpaired) electrons. The Morgan fingerprint density at radius 2 is 2.31 bits per heavy atom. The average Bonchev–Trinajstić information content (AvgIpc) is 3.32. The second kappa shape index (κ2) is 7.35. The highest BCUT2D eigenvalue weighted by Gasteiger charge is 2.19. The van der Waals surface area contributed by atoms with Crippen molar-refractivity contribution in [2.45, 2.75) is 18.9 Å². The van der Waals surface area contributed by atoms with E-state index >= 15 is 0 Å². The molecule has 0 saturated carbocycles. The van der Waals surface area contributed by atoms with Crippen molar-refractivity contribution in [3.05, 3.63) is 53.3 Å². The van der Waals surface area contributed by atoms with E-state index in [1.165, 1.54) is 0 Å². The van der Waals surface area contributed by atoms with Crippen LogP contribution in [0.3, 0.4) is 0 Å². The topological polar surface area (TPSA) is 79.0 Å². The lowest BCUT2D eigenvalue weighted by molar-refractivity contribution is 0.0859. The summed E-state index contributed by atoms with van der Waals surface area (Å²) in [5.41, 5.74) is 2.14. The zero-order valence-electron chi connectivity index (χ0n) is 14.1. The molecule has 1 fully saturated rings. The molecule has 1 unspecified atom stereocenters. The van der Waals surface area contributed by atoms with Gasteiger partial charge in [0.1, 0.15) is 0 Å². The van der Waals surface area contributed by atoms with E-state index in [4.69, 9.17) is 16.3 Å². The second-order valence-electron chi connectivity index (χ2n) is 6.27. The number of fused-ring (bicyclic) bond motifs is 1. The first-order valence-corrected chi connectivity index (χ1v) is 8.97. The van der Waals surface area contributed by atoms with E-state index in [1.807, 2.05) is 30.3 Å². The highest BCUT2D eigenvalue weighted by molar-refractivity contribution is 6.30. The average molecular weight is 371 g/mol. The van der Waals surface area contributed by atoms with E-state index < -0.39 is 0 Å². The number of nitrogens with one attached hydrogen (secondary N) is 3. The molecule has 3 aromatic rings. The summed E-state index contributed by atoms with van der Waals surface area (Å²) in [5.74, 6) is 0.495. The molecule has 1 aliphatic rings. The SMILES string of the molecule is O=C(NCC1CCCO1)c1cnc(Nc2cccc(Cl)c2)c2[nH]ccc12. The summed E-state index contributed by atoms with van der Waals surface area (Å²) in [6, 6.07) is 9.28. The highest BCUT2D eigenvalue weighted by Crippen LogP contribution is 2.27. The van der Waals surface area contributed by atoms with Gasteiger partial charge in [-0.25, -0.2) is 4.98 Å². The Hall–Kier alpha value is -2.57. The summed E-state index contributed by atoms with van der Waals surface area (Å²) in [6.45, 7) is 1.29. The minimum absolute atomic E-state index is 0.109. The number of hydrogen-bond acceptors (Lipinski definition) is 4. The van der Waals surface area contributed by atoms with E-state index in [0.29, 0.717) is 22.9 Å². The molecule has 1 aromatic carbocycles.